The Balaban J connectivity index is 2.70. The Morgan fingerprint density at radius 2 is 2.06 bits per heavy atom. The van der Waals surface area contributed by atoms with Crippen molar-refractivity contribution in [2.24, 2.45) is 11.7 Å². The van der Waals surface area contributed by atoms with Gasteiger partial charge in [-0.25, -0.2) is 4.39 Å². The minimum Gasteiger partial charge on any atom is -0.329 e. The van der Waals surface area contributed by atoms with Crippen molar-refractivity contribution < 1.29 is 4.39 Å². The van der Waals surface area contributed by atoms with E-state index in [1.54, 1.807) is 6.07 Å². The van der Waals surface area contributed by atoms with Gasteiger partial charge in [-0.2, -0.15) is 0 Å². The molecule has 0 aliphatic rings. The van der Waals surface area contributed by atoms with Crippen molar-refractivity contribution in [2.75, 3.05) is 19.6 Å². The molecule has 4 heteroatoms. The minimum atomic E-state index is -0.202. The third-order valence-electron chi connectivity index (χ3n) is 2.40. The summed E-state index contributed by atoms with van der Waals surface area (Å²) in [5.74, 6) is 0.380. The highest BCUT2D eigenvalue weighted by molar-refractivity contribution is 9.10. The van der Waals surface area contributed by atoms with Crippen LogP contribution in [0.3, 0.4) is 0 Å². The maximum atomic E-state index is 13.3. The second kappa shape index (κ2) is 7.09. The van der Waals surface area contributed by atoms with Crippen LogP contribution in [0.15, 0.2) is 22.7 Å². The summed E-state index contributed by atoms with van der Waals surface area (Å²) >= 11 is 3.31. The molecule has 0 heterocycles. The van der Waals surface area contributed by atoms with E-state index in [4.69, 9.17) is 5.73 Å². The molecule has 0 aromatic heterocycles. The van der Waals surface area contributed by atoms with E-state index in [0.29, 0.717) is 12.5 Å². The highest BCUT2D eigenvalue weighted by atomic mass is 79.9. The first-order valence-electron chi connectivity index (χ1n) is 5.88. The zero-order chi connectivity index (χ0) is 12.8. The van der Waals surface area contributed by atoms with Crippen LogP contribution < -0.4 is 5.73 Å². The Morgan fingerprint density at radius 1 is 1.35 bits per heavy atom. The molecule has 0 unspecified atom stereocenters. The van der Waals surface area contributed by atoms with Gasteiger partial charge in [-0.15, -0.1) is 0 Å². The van der Waals surface area contributed by atoms with Crippen LogP contribution in [0.5, 0.6) is 0 Å². The van der Waals surface area contributed by atoms with Crippen LogP contribution in [0, 0.1) is 11.7 Å². The number of hydrogen-bond donors (Lipinski definition) is 1. The number of nitrogens with two attached hydrogens (primary N) is 1. The van der Waals surface area contributed by atoms with Gasteiger partial charge in [-0.1, -0.05) is 29.8 Å². The van der Waals surface area contributed by atoms with Crippen molar-refractivity contribution in [3.63, 3.8) is 0 Å². The smallest absolute Gasteiger partial charge is 0.124 e. The van der Waals surface area contributed by atoms with Gasteiger partial charge in [0.1, 0.15) is 5.82 Å². The molecule has 0 bridgehead atoms. The lowest BCUT2D eigenvalue weighted by atomic mass is 10.1. The van der Waals surface area contributed by atoms with E-state index >= 15 is 0 Å². The van der Waals surface area contributed by atoms with Gasteiger partial charge >= 0.3 is 0 Å². The molecular weight excluding hydrogens is 283 g/mol. The van der Waals surface area contributed by atoms with Crippen molar-refractivity contribution in [3.05, 3.63) is 34.1 Å². The van der Waals surface area contributed by atoms with Crippen LogP contribution in [0.2, 0.25) is 0 Å². The summed E-state index contributed by atoms with van der Waals surface area (Å²) in [6, 6.07) is 5.00. The molecule has 0 fully saturated rings. The summed E-state index contributed by atoms with van der Waals surface area (Å²) in [5, 5.41) is 0. The van der Waals surface area contributed by atoms with Gasteiger partial charge in [-0.05, 0) is 29.7 Å². The Hall–Kier alpha value is -0.450. The van der Waals surface area contributed by atoms with Gasteiger partial charge in [0.15, 0.2) is 0 Å². The summed E-state index contributed by atoms with van der Waals surface area (Å²) < 4.78 is 14.0. The summed E-state index contributed by atoms with van der Waals surface area (Å²) in [7, 11) is 0. The Bertz CT molecular complexity index is 335. The van der Waals surface area contributed by atoms with Crippen LogP contribution in [0.4, 0.5) is 4.39 Å². The highest BCUT2D eigenvalue weighted by Crippen LogP contribution is 2.16. The number of halogens is 2. The molecule has 0 atom stereocenters. The van der Waals surface area contributed by atoms with Crippen LogP contribution in [0.25, 0.3) is 0 Å². The van der Waals surface area contributed by atoms with Crippen molar-refractivity contribution in [1.82, 2.24) is 4.90 Å². The average molecular weight is 303 g/mol. The quantitative estimate of drug-likeness (QED) is 0.875. The lowest BCUT2D eigenvalue weighted by Crippen LogP contribution is -2.32. The molecule has 2 N–H and O–H groups in total. The van der Waals surface area contributed by atoms with Gasteiger partial charge in [0.2, 0.25) is 0 Å². The van der Waals surface area contributed by atoms with E-state index in [2.05, 4.69) is 34.7 Å². The standard InChI is InChI=1S/C13H20BrFN2/c1-10(2)8-17(4-3-16)9-11-5-12(14)7-13(15)6-11/h5-7,10H,3-4,8-9,16H2,1-2H3. The second-order valence-electron chi connectivity index (χ2n) is 4.70. The molecular formula is C13H20BrFN2. The fourth-order valence-electron chi connectivity index (χ4n) is 1.89. The topological polar surface area (TPSA) is 29.3 Å². The van der Waals surface area contributed by atoms with E-state index in [1.807, 2.05) is 6.07 Å². The maximum Gasteiger partial charge on any atom is 0.124 e. The number of benzene rings is 1. The monoisotopic (exact) mass is 302 g/mol. The third-order valence-corrected chi connectivity index (χ3v) is 2.86. The van der Waals surface area contributed by atoms with Crippen LogP contribution in [-0.2, 0) is 6.54 Å². The van der Waals surface area contributed by atoms with Crippen molar-refractivity contribution in [2.45, 2.75) is 20.4 Å². The predicted octanol–water partition coefficient (Wildman–Crippen LogP) is 3.00. The largest absolute Gasteiger partial charge is 0.329 e. The maximum absolute atomic E-state index is 13.3. The molecule has 0 aliphatic heterocycles. The molecule has 0 spiro atoms. The summed E-state index contributed by atoms with van der Waals surface area (Å²) in [6.45, 7) is 7.53. The summed E-state index contributed by atoms with van der Waals surface area (Å²) in [6.07, 6.45) is 0. The summed E-state index contributed by atoms with van der Waals surface area (Å²) in [4.78, 5) is 2.26. The number of rotatable bonds is 6. The van der Waals surface area contributed by atoms with E-state index < -0.39 is 0 Å². The van der Waals surface area contributed by atoms with Crippen LogP contribution in [-0.4, -0.2) is 24.5 Å². The van der Waals surface area contributed by atoms with Gasteiger partial charge in [0, 0.05) is 30.7 Å². The normalized spacial score (nSPS) is 11.5. The molecule has 0 saturated heterocycles. The second-order valence-corrected chi connectivity index (χ2v) is 5.61. The molecule has 0 saturated carbocycles. The van der Waals surface area contributed by atoms with E-state index in [1.165, 1.54) is 6.07 Å². The Kier molecular flexibility index (Phi) is 6.09. The molecule has 0 aliphatic carbocycles. The fourth-order valence-corrected chi connectivity index (χ4v) is 2.41. The van der Waals surface area contributed by atoms with E-state index in [9.17, 15) is 4.39 Å². The Labute approximate surface area is 111 Å². The SMILES string of the molecule is CC(C)CN(CCN)Cc1cc(F)cc(Br)c1. The third kappa shape index (κ3) is 5.61. The summed E-state index contributed by atoms with van der Waals surface area (Å²) in [5.41, 5.74) is 6.57. The number of hydrogen-bond acceptors (Lipinski definition) is 2. The van der Waals surface area contributed by atoms with Crippen LogP contribution in [0.1, 0.15) is 19.4 Å². The highest BCUT2D eigenvalue weighted by Gasteiger charge is 2.08. The first-order chi connectivity index (χ1) is 8.01. The van der Waals surface area contributed by atoms with Gasteiger partial charge in [-0.3, -0.25) is 4.90 Å². The predicted molar refractivity (Wildman–Crippen MR) is 73.3 cm³/mol. The lowest BCUT2D eigenvalue weighted by Gasteiger charge is -2.23. The molecule has 1 rings (SSSR count). The van der Waals surface area contributed by atoms with Gasteiger partial charge < -0.3 is 5.73 Å². The van der Waals surface area contributed by atoms with Gasteiger partial charge in [0.05, 0.1) is 0 Å². The molecule has 1 aromatic carbocycles. The minimum absolute atomic E-state index is 0.202. The average Bonchev–Trinajstić information content (AvgIpc) is 2.14. The zero-order valence-electron chi connectivity index (χ0n) is 10.4. The molecule has 17 heavy (non-hydrogen) atoms. The van der Waals surface area contributed by atoms with Crippen molar-refractivity contribution in [1.29, 1.82) is 0 Å². The molecule has 0 amide bonds. The molecule has 2 nitrogen and oxygen atoms in total. The first kappa shape index (κ1) is 14.6. The van der Waals surface area contributed by atoms with E-state index in [0.717, 1.165) is 29.7 Å². The zero-order valence-corrected chi connectivity index (χ0v) is 12.0. The first-order valence-corrected chi connectivity index (χ1v) is 6.68. The fraction of sp³-hybridized carbons (Fsp3) is 0.538. The van der Waals surface area contributed by atoms with Gasteiger partial charge in [0.25, 0.3) is 0 Å². The molecule has 0 radical (unpaired) electrons. The van der Waals surface area contributed by atoms with Crippen LogP contribution >= 0.6 is 15.9 Å². The Morgan fingerprint density at radius 3 is 2.59 bits per heavy atom. The van der Waals surface area contributed by atoms with Crippen molar-refractivity contribution >= 4 is 15.9 Å². The van der Waals surface area contributed by atoms with E-state index in [-0.39, 0.29) is 5.82 Å². The lowest BCUT2D eigenvalue weighted by molar-refractivity contribution is 0.242. The molecule has 1 aromatic rings. The molecule has 96 valence electrons. The number of nitrogens with zero attached hydrogens (tertiary/aromatic N) is 1. The van der Waals surface area contributed by atoms with Crippen molar-refractivity contribution in [3.8, 4) is 0 Å².